The van der Waals surface area contributed by atoms with Crippen molar-refractivity contribution in [3.63, 3.8) is 0 Å². The van der Waals surface area contributed by atoms with Crippen LogP contribution in [0.2, 0.25) is 0 Å². The predicted molar refractivity (Wildman–Crippen MR) is 67.5 cm³/mol. The molecule has 1 aliphatic carbocycles. The van der Waals surface area contributed by atoms with E-state index >= 15 is 0 Å². The lowest BCUT2D eigenvalue weighted by Crippen LogP contribution is -2.07. The fourth-order valence-electron chi connectivity index (χ4n) is 2.39. The average molecular weight is 228 g/mol. The number of hydrogen-bond acceptors (Lipinski definition) is 3. The zero-order valence-corrected chi connectivity index (χ0v) is 9.98. The van der Waals surface area contributed by atoms with Gasteiger partial charge >= 0.3 is 0 Å². The Morgan fingerprint density at radius 1 is 1.24 bits per heavy atom. The third-order valence-electron chi connectivity index (χ3n) is 3.32. The first-order valence-corrected chi connectivity index (χ1v) is 6.07. The van der Waals surface area contributed by atoms with Crippen molar-refractivity contribution in [1.29, 1.82) is 0 Å². The highest BCUT2D eigenvalue weighted by Crippen LogP contribution is 2.23. The standard InChI is InChI=1S/C13H16N4/c1-14-10-6-11(8-15-7-10)17-9-16-12-4-2-3-5-13(12)17/h6-9,14H,2-5H2,1H3. The number of fused-ring (bicyclic) bond motifs is 1. The van der Waals surface area contributed by atoms with Crippen LogP contribution in [0.15, 0.2) is 24.8 Å². The molecule has 0 saturated carbocycles. The zero-order chi connectivity index (χ0) is 11.7. The number of nitrogens with zero attached hydrogens (tertiary/aromatic N) is 3. The minimum absolute atomic E-state index is 1.03. The summed E-state index contributed by atoms with van der Waals surface area (Å²) in [5.74, 6) is 0. The summed E-state index contributed by atoms with van der Waals surface area (Å²) in [5, 5.41) is 3.11. The molecular formula is C13H16N4. The number of aryl methyl sites for hydroxylation is 1. The lowest BCUT2D eigenvalue weighted by atomic mass is 10.0. The van der Waals surface area contributed by atoms with Gasteiger partial charge in [0.05, 0.1) is 35.8 Å². The molecule has 0 aliphatic heterocycles. The Hall–Kier alpha value is -1.84. The SMILES string of the molecule is CNc1cncc(-n2cnc3c2CCCC3)c1. The molecule has 2 aromatic heterocycles. The van der Waals surface area contributed by atoms with Crippen LogP contribution in [0.4, 0.5) is 5.69 Å². The lowest BCUT2D eigenvalue weighted by molar-refractivity contribution is 0.656. The van der Waals surface area contributed by atoms with Crippen molar-refractivity contribution in [3.8, 4) is 5.69 Å². The quantitative estimate of drug-likeness (QED) is 0.856. The van der Waals surface area contributed by atoms with E-state index < -0.39 is 0 Å². The van der Waals surface area contributed by atoms with Gasteiger partial charge in [0.25, 0.3) is 0 Å². The smallest absolute Gasteiger partial charge is 0.0998 e. The van der Waals surface area contributed by atoms with E-state index in [1.54, 1.807) is 0 Å². The summed E-state index contributed by atoms with van der Waals surface area (Å²) in [6.07, 6.45) is 10.4. The van der Waals surface area contributed by atoms with Gasteiger partial charge in [-0.25, -0.2) is 4.98 Å². The van der Waals surface area contributed by atoms with Crippen molar-refractivity contribution < 1.29 is 0 Å². The van der Waals surface area contributed by atoms with Crippen LogP contribution in [0.5, 0.6) is 0 Å². The van der Waals surface area contributed by atoms with Crippen LogP contribution in [0.25, 0.3) is 5.69 Å². The van der Waals surface area contributed by atoms with Crippen LogP contribution in [0.3, 0.4) is 0 Å². The molecule has 0 bridgehead atoms. The molecule has 0 radical (unpaired) electrons. The van der Waals surface area contributed by atoms with E-state index in [2.05, 4.69) is 25.9 Å². The monoisotopic (exact) mass is 228 g/mol. The number of imidazole rings is 1. The summed E-state index contributed by atoms with van der Waals surface area (Å²) in [7, 11) is 1.91. The van der Waals surface area contributed by atoms with Crippen LogP contribution in [0.1, 0.15) is 24.2 Å². The molecule has 17 heavy (non-hydrogen) atoms. The van der Waals surface area contributed by atoms with Crippen molar-refractivity contribution in [2.24, 2.45) is 0 Å². The number of anilines is 1. The highest BCUT2D eigenvalue weighted by Gasteiger charge is 2.16. The molecule has 0 saturated heterocycles. The maximum absolute atomic E-state index is 4.50. The molecule has 0 fully saturated rings. The lowest BCUT2D eigenvalue weighted by Gasteiger charge is -2.14. The van der Waals surface area contributed by atoms with Gasteiger partial charge in [-0.15, -0.1) is 0 Å². The van der Waals surface area contributed by atoms with E-state index in [1.807, 2.05) is 25.8 Å². The Labute approximate surface area is 101 Å². The Kier molecular flexibility index (Phi) is 2.55. The van der Waals surface area contributed by atoms with Crippen LogP contribution in [-0.4, -0.2) is 21.6 Å². The molecule has 0 unspecified atom stereocenters. The Balaban J connectivity index is 2.05. The third-order valence-corrected chi connectivity index (χ3v) is 3.32. The minimum atomic E-state index is 1.03. The first-order valence-electron chi connectivity index (χ1n) is 6.07. The third kappa shape index (κ3) is 1.79. The second kappa shape index (κ2) is 4.20. The molecule has 4 heteroatoms. The molecule has 0 atom stereocenters. The number of rotatable bonds is 2. The topological polar surface area (TPSA) is 42.7 Å². The fourth-order valence-corrected chi connectivity index (χ4v) is 2.39. The van der Waals surface area contributed by atoms with Crippen molar-refractivity contribution >= 4 is 5.69 Å². The zero-order valence-electron chi connectivity index (χ0n) is 9.98. The van der Waals surface area contributed by atoms with Gasteiger partial charge in [0.2, 0.25) is 0 Å². The maximum atomic E-state index is 4.50. The van der Waals surface area contributed by atoms with Gasteiger partial charge in [-0.2, -0.15) is 0 Å². The van der Waals surface area contributed by atoms with Crippen molar-refractivity contribution in [2.45, 2.75) is 25.7 Å². The number of hydrogen-bond donors (Lipinski definition) is 1. The maximum Gasteiger partial charge on any atom is 0.0998 e. The van der Waals surface area contributed by atoms with Crippen LogP contribution >= 0.6 is 0 Å². The molecule has 2 heterocycles. The van der Waals surface area contributed by atoms with E-state index in [4.69, 9.17) is 0 Å². The Morgan fingerprint density at radius 3 is 3.00 bits per heavy atom. The minimum Gasteiger partial charge on any atom is -0.387 e. The van der Waals surface area contributed by atoms with Gasteiger partial charge in [0.15, 0.2) is 0 Å². The average Bonchev–Trinajstić information content (AvgIpc) is 2.82. The predicted octanol–water partition coefficient (Wildman–Crippen LogP) is 2.19. The number of pyridine rings is 1. The van der Waals surface area contributed by atoms with Gasteiger partial charge in [-0.05, 0) is 31.7 Å². The second-order valence-electron chi connectivity index (χ2n) is 4.40. The van der Waals surface area contributed by atoms with Crippen LogP contribution < -0.4 is 5.32 Å². The first-order chi connectivity index (χ1) is 8.38. The summed E-state index contributed by atoms with van der Waals surface area (Å²) in [4.78, 5) is 8.75. The number of aromatic nitrogens is 3. The van der Waals surface area contributed by atoms with E-state index in [0.29, 0.717) is 0 Å². The summed E-state index contributed by atoms with van der Waals surface area (Å²) >= 11 is 0. The molecule has 0 spiro atoms. The highest BCUT2D eigenvalue weighted by atomic mass is 15.1. The molecule has 0 amide bonds. The molecule has 88 valence electrons. The second-order valence-corrected chi connectivity index (χ2v) is 4.40. The number of nitrogens with one attached hydrogen (secondary N) is 1. The summed E-state index contributed by atoms with van der Waals surface area (Å²) in [6.45, 7) is 0. The summed E-state index contributed by atoms with van der Waals surface area (Å²) in [5.41, 5.74) is 4.73. The largest absolute Gasteiger partial charge is 0.387 e. The van der Waals surface area contributed by atoms with Gasteiger partial charge in [0.1, 0.15) is 0 Å². The summed E-state index contributed by atoms with van der Waals surface area (Å²) < 4.78 is 2.17. The Morgan fingerprint density at radius 2 is 2.12 bits per heavy atom. The summed E-state index contributed by atoms with van der Waals surface area (Å²) in [6, 6.07) is 2.10. The van der Waals surface area contributed by atoms with Crippen molar-refractivity contribution in [3.05, 3.63) is 36.2 Å². The van der Waals surface area contributed by atoms with Gasteiger partial charge < -0.3 is 9.88 Å². The van der Waals surface area contributed by atoms with Crippen molar-refractivity contribution in [1.82, 2.24) is 14.5 Å². The first kappa shape index (κ1) is 10.3. The highest BCUT2D eigenvalue weighted by molar-refractivity contribution is 5.48. The van der Waals surface area contributed by atoms with E-state index in [9.17, 15) is 0 Å². The van der Waals surface area contributed by atoms with E-state index in [0.717, 1.165) is 24.2 Å². The van der Waals surface area contributed by atoms with Gasteiger partial charge in [-0.3, -0.25) is 4.98 Å². The van der Waals surface area contributed by atoms with Crippen molar-refractivity contribution in [2.75, 3.05) is 12.4 Å². The van der Waals surface area contributed by atoms with E-state index in [1.165, 1.54) is 24.2 Å². The molecule has 1 aliphatic rings. The normalized spacial score (nSPS) is 14.4. The van der Waals surface area contributed by atoms with E-state index in [-0.39, 0.29) is 0 Å². The molecule has 0 aromatic carbocycles. The molecular weight excluding hydrogens is 212 g/mol. The fraction of sp³-hybridized carbons (Fsp3) is 0.385. The van der Waals surface area contributed by atoms with Crippen LogP contribution in [0, 0.1) is 0 Å². The van der Waals surface area contributed by atoms with Gasteiger partial charge in [-0.1, -0.05) is 0 Å². The molecule has 4 nitrogen and oxygen atoms in total. The molecule has 3 rings (SSSR count). The molecule has 2 aromatic rings. The van der Waals surface area contributed by atoms with Gasteiger partial charge in [0, 0.05) is 12.7 Å². The molecule has 1 N–H and O–H groups in total. The Bertz CT molecular complexity index is 530. The van der Waals surface area contributed by atoms with Crippen LogP contribution in [-0.2, 0) is 12.8 Å².